The number of carbonyl (C=O) groups excluding carboxylic acids is 1. The molecule has 2 N–H and O–H groups in total. The minimum atomic E-state index is -0.299. The molecule has 0 radical (unpaired) electrons. The van der Waals surface area contributed by atoms with Gasteiger partial charge in [0.05, 0.1) is 0 Å². The number of hydrogen-bond acceptors (Lipinski definition) is 2. The van der Waals surface area contributed by atoms with Gasteiger partial charge >= 0.3 is 0 Å². The van der Waals surface area contributed by atoms with Crippen LogP contribution in [-0.2, 0) is 4.79 Å². The third-order valence-electron chi connectivity index (χ3n) is 3.48. The number of anilines is 2. The van der Waals surface area contributed by atoms with Crippen molar-refractivity contribution in [3.05, 3.63) is 59.2 Å². The number of hydrogen-bond donors (Lipinski definition) is 2. The van der Waals surface area contributed by atoms with Crippen molar-refractivity contribution in [3.8, 4) is 0 Å². The Morgan fingerprint density at radius 1 is 0.952 bits per heavy atom. The molecule has 21 heavy (non-hydrogen) atoms. The molecule has 110 valence electrons. The molecule has 3 heteroatoms. The van der Waals surface area contributed by atoms with Gasteiger partial charge in [0.1, 0.15) is 6.04 Å². The van der Waals surface area contributed by atoms with Crippen molar-refractivity contribution in [1.29, 1.82) is 0 Å². The van der Waals surface area contributed by atoms with Gasteiger partial charge in [-0.1, -0.05) is 29.8 Å². The molecule has 0 aliphatic rings. The van der Waals surface area contributed by atoms with Gasteiger partial charge in [-0.2, -0.15) is 0 Å². The van der Waals surface area contributed by atoms with E-state index in [1.807, 2.05) is 52.0 Å². The van der Waals surface area contributed by atoms with Crippen LogP contribution in [0.3, 0.4) is 0 Å². The molecule has 2 aromatic carbocycles. The molecule has 1 atom stereocenters. The van der Waals surface area contributed by atoms with Crippen LogP contribution in [0.25, 0.3) is 0 Å². The lowest BCUT2D eigenvalue weighted by atomic mass is 10.1. The summed E-state index contributed by atoms with van der Waals surface area (Å²) in [7, 11) is 0. The van der Waals surface area contributed by atoms with Gasteiger partial charge in [-0.25, -0.2) is 0 Å². The van der Waals surface area contributed by atoms with Crippen molar-refractivity contribution in [2.24, 2.45) is 0 Å². The number of nitrogens with one attached hydrogen (secondary N) is 2. The molecule has 0 saturated carbocycles. The monoisotopic (exact) mass is 282 g/mol. The van der Waals surface area contributed by atoms with Gasteiger partial charge in [0.15, 0.2) is 0 Å². The Morgan fingerprint density at radius 2 is 1.57 bits per heavy atom. The maximum absolute atomic E-state index is 12.2. The summed E-state index contributed by atoms with van der Waals surface area (Å²) >= 11 is 0. The molecule has 0 aliphatic heterocycles. The molecule has 0 bridgehead atoms. The molecule has 0 fully saturated rings. The van der Waals surface area contributed by atoms with Crippen LogP contribution >= 0.6 is 0 Å². The van der Waals surface area contributed by atoms with E-state index in [2.05, 4.69) is 28.8 Å². The number of aryl methyl sites for hydroxylation is 3. The Morgan fingerprint density at radius 3 is 2.24 bits per heavy atom. The SMILES string of the molecule is Cc1ccc(NC(=O)C(C)Nc2cc(C)ccc2C)cc1. The first-order valence-corrected chi connectivity index (χ1v) is 7.17. The van der Waals surface area contributed by atoms with E-state index < -0.39 is 0 Å². The van der Waals surface area contributed by atoms with Crippen molar-refractivity contribution < 1.29 is 4.79 Å². The van der Waals surface area contributed by atoms with Crippen LogP contribution in [0, 0.1) is 20.8 Å². The number of benzene rings is 2. The predicted octanol–water partition coefficient (Wildman–Crippen LogP) is 4.05. The van der Waals surface area contributed by atoms with Crippen LogP contribution in [0.1, 0.15) is 23.6 Å². The minimum absolute atomic E-state index is 0.0419. The summed E-state index contributed by atoms with van der Waals surface area (Å²) in [5.41, 5.74) is 5.31. The largest absolute Gasteiger partial charge is 0.374 e. The van der Waals surface area contributed by atoms with Crippen molar-refractivity contribution in [3.63, 3.8) is 0 Å². The van der Waals surface area contributed by atoms with Crippen LogP contribution in [0.15, 0.2) is 42.5 Å². The lowest BCUT2D eigenvalue weighted by Gasteiger charge is -2.17. The number of rotatable bonds is 4. The molecule has 2 rings (SSSR count). The van der Waals surface area contributed by atoms with Gasteiger partial charge < -0.3 is 10.6 Å². The van der Waals surface area contributed by atoms with E-state index >= 15 is 0 Å². The molecule has 0 heterocycles. The molecule has 0 aliphatic carbocycles. The van der Waals surface area contributed by atoms with Crippen LogP contribution < -0.4 is 10.6 Å². The fourth-order valence-electron chi connectivity index (χ4n) is 2.08. The second kappa shape index (κ2) is 6.44. The summed E-state index contributed by atoms with van der Waals surface area (Å²) in [5, 5.41) is 6.19. The second-order valence-electron chi connectivity index (χ2n) is 5.54. The van der Waals surface area contributed by atoms with E-state index in [0.29, 0.717) is 0 Å². The highest BCUT2D eigenvalue weighted by Gasteiger charge is 2.13. The Balaban J connectivity index is 2.02. The maximum atomic E-state index is 12.2. The second-order valence-corrected chi connectivity index (χ2v) is 5.54. The highest BCUT2D eigenvalue weighted by molar-refractivity contribution is 5.96. The standard InChI is InChI=1S/C18H22N2O/c1-12-6-9-16(10-7-12)20-18(21)15(4)19-17-11-13(2)5-8-14(17)3/h5-11,15,19H,1-4H3,(H,20,21). The van der Waals surface area contributed by atoms with E-state index in [4.69, 9.17) is 0 Å². The smallest absolute Gasteiger partial charge is 0.246 e. The molecule has 0 aromatic heterocycles. The molecule has 1 unspecified atom stereocenters. The molecule has 0 saturated heterocycles. The van der Waals surface area contributed by atoms with E-state index in [1.54, 1.807) is 0 Å². The third kappa shape index (κ3) is 4.09. The molecule has 0 spiro atoms. The normalized spacial score (nSPS) is 11.8. The highest BCUT2D eigenvalue weighted by Crippen LogP contribution is 2.18. The number of carbonyl (C=O) groups is 1. The summed E-state index contributed by atoms with van der Waals surface area (Å²) in [4.78, 5) is 12.2. The quantitative estimate of drug-likeness (QED) is 0.888. The Hall–Kier alpha value is -2.29. The van der Waals surface area contributed by atoms with Crippen LogP contribution in [-0.4, -0.2) is 11.9 Å². The lowest BCUT2D eigenvalue weighted by molar-refractivity contribution is -0.116. The Kier molecular flexibility index (Phi) is 4.63. The van der Waals surface area contributed by atoms with Crippen molar-refractivity contribution >= 4 is 17.3 Å². The highest BCUT2D eigenvalue weighted by atomic mass is 16.2. The van der Waals surface area contributed by atoms with Crippen molar-refractivity contribution in [2.75, 3.05) is 10.6 Å². The summed E-state index contributed by atoms with van der Waals surface area (Å²) in [6.45, 7) is 7.97. The summed E-state index contributed by atoms with van der Waals surface area (Å²) in [6, 6.07) is 13.7. The summed E-state index contributed by atoms with van der Waals surface area (Å²) in [5.74, 6) is -0.0419. The van der Waals surface area contributed by atoms with Crippen LogP contribution in [0.4, 0.5) is 11.4 Å². The first-order valence-electron chi connectivity index (χ1n) is 7.17. The molecule has 1 amide bonds. The van der Waals surface area contributed by atoms with E-state index in [0.717, 1.165) is 16.9 Å². The third-order valence-corrected chi connectivity index (χ3v) is 3.48. The van der Waals surface area contributed by atoms with E-state index in [9.17, 15) is 4.79 Å². The fraction of sp³-hybridized carbons (Fsp3) is 0.278. The lowest BCUT2D eigenvalue weighted by Crippen LogP contribution is -2.32. The van der Waals surface area contributed by atoms with Gasteiger partial charge in [-0.3, -0.25) is 4.79 Å². The zero-order chi connectivity index (χ0) is 15.4. The predicted molar refractivity (Wildman–Crippen MR) is 88.8 cm³/mol. The summed E-state index contributed by atoms with van der Waals surface area (Å²) < 4.78 is 0. The molecular formula is C18H22N2O. The molecule has 3 nitrogen and oxygen atoms in total. The summed E-state index contributed by atoms with van der Waals surface area (Å²) in [6.07, 6.45) is 0. The fourth-order valence-corrected chi connectivity index (χ4v) is 2.08. The average Bonchev–Trinajstić information content (AvgIpc) is 2.45. The minimum Gasteiger partial charge on any atom is -0.374 e. The average molecular weight is 282 g/mol. The first-order chi connectivity index (χ1) is 9.95. The first kappa shape index (κ1) is 15.1. The maximum Gasteiger partial charge on any atom is 0.246 e. The van der Waals surface area contributed by atoms with Crippen LogP contribution in [0.2, 0.25) is 0 Å². The molecular weight excluding hydrogens is 260 g/mol. The Labute approximate surface area is 126 Å². The van der Waals surface area contributed by atoms with Crippen molar-refractivity contribution in [2.45, 2.75) is 33.7 Å². The van der Waals surface area contributed by atoms with E-state index in [-0.39, 0.29) is 11.9 Å². The topological polar surface area (TPSA) is 41.1 Å². The zero-order valence-electron chi connectivity index (χ0n) is 13.0. The van der Waals surface area contributed by atoms with Crippen LogP contribution in [0.5, 0.6) is 0 Å². The molecule has 2 aromatic rings. The van der Waals surface area contributed by atoms with Gasteiger partial charge in [-0.05, 0) is 57.0 Å². The van der Waals surface area contributed by atoms with Gasteiger partial charge in [-0.15, -0.1) is 0 Å². The zero-order valence-corrected chi connectivity index (χ0v) is 13.0. The van der Waals surface area contributed by atoms with E-state index in [1.165, 1.54) is 11.1 Å². The van der Waals surface area contributed by atoms with Crippen molar-refractivity contribution in [1.82, 2.24) is 0 Å². The Bertz CT molecular complexity index is 632. The van der Waals surface area contributed by atoms with Gasteiger partial charge in [0.2, 0.25) is 5.91 Å². The van der Waals surface area contributed by atoms with Gasteiger partial charge in [0, 0.05) is 11.4 Å². The van der Waals surface area contributed by atoms with Gasteiger partial charge in [0.25, 0.3) is 0 Å². The number of amides is 1.